The van der Waals surface area contributed by atoms with E-state index in [-0.39, 0.29) is 15.5 Å². The minimum Gasteiger partial charge on any atom is -0.322 e. The lowest BCUT2D eigenvalue weighted by molar-refractivity contribution is 0.102. The molecule has 1 heterocycles. The van der Waals surface area contributed by atoms with Crippen molar-refractivity contribution < 1.29 is 13.2 Å². The van der Waals surface area contributed by atoms with Gasteiger partial charge in [0.25, 0.3) is 5.91 Å². The Bertz CT molecular complexity index is 1200. The molecule has 0 bridgehead atoms. The standard InChI is InChI=1S/C21H20ClN3O3S/c1-13-11-20(14-3-4-14)25(24-13)16-7-5-15(6-8-16)23-21(26)18-12-17(29(2,27)28)9-10-19(18)22/h5-12,14H,3-4H2,1-2H3,(H,23,26). The van der Waals surface area contributed by atoms with Crippen molar-refractivity contribution in [3.8, 4) is 5.69 Å². The maximum absolute atomic E-state index is 12.6. The fraction of sp³-hybridized carbons (Fsp3) is 0.238. The van der Waals surface area contributed by atoms with E-state index in [2.05, 4.69) is 16.5 Å². The van der Waals surface area contributed by atoms with Crippen molar-refractivity contribution in [3.05, 3.63) is 70.5 Å². The van der Waals surface area contributed by atoms with Crippen LogP contribution in [0.4, 0.5) is 5.69 Å². The van der Waals surface area contributed by atoms with E-state index in [0.29, 0.717) is 11.6 Å². The van der Waals surface area contributed by atoms with Crippen molar-refractivity contribution >= 4 is 33.0 Å². The van der Waals surface area contributed by atoms with Gasteiger partial charge < -0.3 is 5.32 Å². The molecule has 1 fully saturated rings. The van der Waals surface area contributed by atoms with Crippen molar-refractivity contribution in [2.75, 3.05) is 11.6 Å². The number of benzene rings is 2. The number of aryl methyl sites for hydroxylation is 1. The lowest BCUT2D eigenvalue weighted by atomic mass is 10.2. The molecule has 3 aromatic rings. The fourth-order valence-corrected chi connectivity index (χ4v) is 4.04. The number of amides is 1. The lowest BCUT2D eigenvalue weighted by Crippen LogP contribution is -2.13. The molecule has 8 heteroatoms. The maximum Gasteiger partial charge on any atom is 0.257 e. The Balaban J connectivity index is 1.56. The number of sulfone groups is 1. The molecule has 150 valence electrons. The first-order chi connectivity index (χ1) is 13.7. The molecule has 0 aliphatic heterocycles. The first-order valence-corrected chi connectivity index (χ1v) is 11.5. The molecule has 2 aromatic carbocycles. The molecule has 0 spiro atoms. The molecule has 29 heavy (non-hydrogen) atoms. The van der Waals surface area contributed by atoms with Gasteiger partial charge in [0.1, 0.15) is 0 Å². The van der Waals surface area contributed by atoms with E-state index in [1.165, 1.54) is 36.7 Å². The molecule has 1 saturated carbocycles. The van der Waals surface area contributed by atoms with Crippen molar-refractivity contribution in [3.63, 3.8) is 0 Å². The van der Waals surface area contributed by atoms with Crippen molar-refractivity contribution in [2.45, 2.75) is 30.6 Å². The van der Waals surface area contributed by atoms with Crippen molar-refractivity contribution in [1.82, 2.24) is 9.78 Å². The van der Waals surface area contributed by atoms with Crippen LogP contribution in [0.5, 0.6) is 0 Å². The summed E-state index contributed by atoms with van der Waals surface area (Å²) in [6.07, 6.45) is 3.46. The smallest absolute Gasteiger partial charge is 0.257 e. The van der Waals surface area contributed by atoms with Crippen LogP contribution in [0, 0.1) is 6.92 Å². The second-order valence-corrected chi connectivity index (χ2v) is 9.73. The minimum atomic E-state index is -3.44. The van der Waals surface area contributed by atoms with Gasteiger partial charge in [-0.2, -0.15) is 5.10 Å². The summed E-state index contributed by atoms with van der Waals surface area (Å²) in [6, 6.07) is 13.6. The fourth-order valence-electron chi connectivity index (χ4n) is 3.19. The molecule has 4 rings (SSSR count). The quantitative estimate of drug-likeness (QED) is 0.653. The average molecular weight is 430 g/mol. The number of carbonyl (C=O) groups excluding carboxylic acids is 1. The van der Waals surface area contributed by atoms with Gasteiger partial charge in [-0.05, 0) is 68.3 Å². The molecule has 1 N–H and O–H groups in total. The predicted octanol–water partition coefficient (Wildman–Crippen LogP) is 4.37. The van der Waals surface area contributed by atoms with Gasteiger partial charge in [-0.3, -0.25) is 4.79 Å². The molecular formula is C21H20ClN3O3S. The number of hydrogen-bond donors (Lipinski definition) is 1. The normalized spacial score (nSPS) is 14.0. The monoisotopic (exact) mass is 429 g/mol. The molecule has 0 atom stereocenters. The highest BCUT2D eigenvalue weighted by molar-refractivity contribution is 7.90. The summed E-state index contributed by atoms with van der Waals surface area (Å²) in [5, 5.41) is 7.53. The molecule has 6 nitrogen and oxygen atoms in total. The van der Waals surface area contributed by atoms with E-state index in [0.717, 1.165) is 17.6 Å². The largest absolute Gasteiger partial charge is 0.322 e. The number of nitrogens with zero attached hydrogens (tertiary/aromatic N) is 2. The van der Waals surface area contributed by atoms with Crippen LogP contribution in [0.1, 0.15) is 40.5 Å². The van der Waals surface area contributed by atoms with Gasteiger partial charge in [-0.15, -0.1) is 0 Å². The third-order valence-electron chi connectivity index (χ3n) is 4.84. The predicted molar refractivity (Wildman–Crippen MR) is 113 cm³/mol. The third kappa shape index (κ3) is 4.21. The Morgan fingerprint density at radius 2 is 1.83 bits per heavy atom. The number of carbonyl (C=O) groups is 1. The van der Waals surface area contributed by atoms with Crippen LogP contribution in [0.2, 0.25) is 5.02 Å². The average Bonchev–Trinajstić information content (AvgIpc) is 3.43. The van der Waals surface area contributed by atoms with Gasteiger partial charge in [0, 0.05) is 23.6 Å². The summed E-state index contributed by atoms with van der Waals surface area (Å²) in [7, 11) is -3.44. The first-order valence-electron chi connectivity index (χ1n) is 9.20. The highest BCUT2D eigenvalue weighted by Crippen LogP contribution is 2.41. The van der Waals surface area contributed by atoms with Crippen LogP contribution in [0.25, 0.3) is 5.69 Å². The highest BCUT2D eigenvalue weighted by atomic mass is 35.5. The Labute approximate surface area is 174 Å². The molecule has 1 amide bonds. The number of nitrogens with one attached hydrogen (secondary N) is 1. The summed E-state index contributed by atoms with van der Waals surface area (Å²) >= 11 is 6.10. The van der Waals surface area contributed by atoms with Gasteiger partial charge >= 0.3 is 0 Å². The lowest BCUT2D eigenvalue weighted by Gasteiger charge is -2.10. The van der Waals surface area contributed by atoms with Crippen LogP contribution >= 0.6 is 11.6 Å². The topological polar surface area (TPSA) is 81.1 Å². The molecule has 0 radical (unpaired) electrons. The highest BCUT2D eigenvalue weighted by Gasteiger charge is 2.28. The van der Waals surface area contributed by atoms with E-state index in [1.807, 2.05) is 23.7 Å². The van der Waals surface area contributed by atoms with Gasteiger partial charge in [0.05, 0.1) is 26.9 Å². The summed E-state index contributed by atoms with van der Waals surface area (Å²) in [5.41, 5.74) is 3.80. The van der Waals surface area contributed by atoms with Gasteiger partial charge in [-0.1, -0.05) is 11.6 Å². The molecule has 0 saturated heterocycles. The zero-order valence-corrected chi connectivity index (χ0v) is 17.6. The first kappa shape index (κ1) is 19.7. The van der Waals surface area contributed by atoms with Gasteiger partial charge in [-0.25, -0.2) is 13.1 Å². The minimum absolute atomic E-state index is 0.0454. The Morgan fingerprint density at radius 3 is 2.45 bits per heavy atom. The second-order valence-electron chi connectivity index (χ2n) is 7.31. The Kier molecular flexibility index (Phi) is 4.96. The van der Waals surface area contributed by atoms with Crippen LogP contribution in [0.3, 0.4) is 0 Å². The molecular weight excluding hydrogens is 410 g/mol. The Hall–Kier alpha value is -2.64. The number of anilines is 1. The second kappa shape index (κ2) is 7.31. The number of halogens is 1. The molecule has 1 aliphatic carbocycles. The van der Waals surface area contributed by atoms with Crippen molar-refractivity contribution in [1.29, 1.82) is 0 Å². The molecule has 1 aromatic heterocycles. The van der Waals surface area contributed by atoms with Gasteiger partial charge in [0.2, 0.25) is 0 Å². The zero-order chi connectivity index (χ0) is 20.8. The van der Waals surface area contributed by atoms with Crippen LogP contribution in [-0.4, -0.2) is 30.4 Å². The van der Waals surface area contributed by atoms with Crippen LogP contribution in [0.15, 0.2) is 53.4 Å². The maximum atomic E-state index is 12.6. The SMILES string of the molecule is Cc1cc(C2CC2)n(-c2ccc(NC(=O)c3cc(S(C)(=O)=O)ccc3Cl)cc2)n1. The summed E-state index contributed by atoms with van der Waals surface area (Å²) < 4.78 is 25.4. The number of hydrogen-bond acceptors (Lipinski definition) is 4. The van der Waals surface area contributed by atoms with E-state index >= 15 is 0 Å². The number of aromatic nitrogens is 2. The van der Waals surface area contributed by atoms with E-state index in [4.69, 9.17) is 11.6 Å². The summed E-state index contributed by atoms with van der Waals surface area (Å²) in [4.78, 5) is 12.7. The van der Waals surface area contributed by atoms with E-state index in [9.17, 15) is 13.2 Å². The van der Waals surface area contributed by atoms with E-state index in [1.54, 1.807) is 12.1 Å². The molecule has 0 unspecified atom stereocenters. The third-order valence-corrected chi connectivity index (χ3v) is 6.27. The van der Waals surface area contributed by atoms with Crippen molar-refractivity contribution in [2.24, 2.45) is 0 Å². The number of rotatable bonds is 5. The summed E-state index contributed by atoms with van der Waals surface area (Å²) in [5.74, 6) is 0.0988. The summed E-state index contributed by atoms with van der Waals surface area (Å²) in [6.45, 7) is 1.98. The molecule has 1 aliphatic rings. The Morgan fingerprint density at radius 1 is 1.14 bits per heavy atom. The van der Waals surface area contributed by atoms with Gasteiger partial charge in [0.15, 0.2) is 9.84 Å². The van der Waals surface area contributed by atoms with Crippen LogP contribution in [-0.2, 0) is 9.84 Å². The van der Waals surface area contributed by atoms with Crippen LogP contribution < -0.4 is 5.32 Å². The van der Waals surface area contributed by atoms with E-state index < -0.39 is 15.7 Å². The zero-order valence-electron chi connectivity index (χ0n) is 16.0.